The third kappa shape index (κ3) is 8.65. The number of aliphatic hydroxyl groups excluding tert-OH is 1. The third-order valence-electron chi connectivity index (χ3n) is 11.4. The minimum Gasteiger partial charge on any atom is -0.453 e. The number of fused-ring (bicyclic) bond motifs is 1. The standard InChI is InChI=1S/C44H52N8O7/c1-24(2)37(49-43(56)58-5)41(54)51-17-7-8-35(51)39-45-21-33(47-39)27-11-9-26(10-12-27)28-13-14-30-19-31(16-15-29(30)18-28)34-22-46-40(48-34)36-20-32(53)23-52(36)42(55)38(25(3)4)50-44(57)59-6/h9-16,18-19,21-22,24-25,32,35-38,53H,7-8,17,20,23H2,1-6H3,(H,45,47)(H,46,48)(H,49,56)(H,50,57)/t32-,35+,36+,37+,38+/m1/s1. The number of aromatic nitrogens is 4. The Balaban J connectivity index is 1.03. The highest BCUT2D eigenvalue weighted by atomic mass is 16.5. The van der Waals surface area contributed by atoms with Gasteiger partial charge in [0, 0.05) is 25.1 Å². The summed E-state index contributed by atoms with van der Waals surface area (Å²) >= 11 is 0. The number of likely N-dealkylation sites (tertiary alicyclic amines) is 2. The molecule has 310 valence electrons. The van der Waals surface area contributed by atoms with Crippen molar-refractivity contribution in [1.82, 2.24) is 40.4 Å². The van der Waals surface area contributed by atoms with Gasteiger partial charge >= 0.3 is 12.2 Å². The molecule has 7 rings (SSSR count). The normalized spacial score (nSPS) is 19.0. The maximum atomic E-state index is 13.6. The van der Waals surface area contributed by atoms with Crippen LogP contribution in [-0.4, -0.2) is 104 Å². The Morgan fingerprint density at radius 2 is 1.19 bits per heavy atom. The van der Waals surface area contributed by atoms with E-state index in [1.54, 1.807) is 22.2 Å². The highest BCUT2D eigenvalue weighted by molar-refractivity contribution is 5.91. The lowest BCUT2D eigenvalue weighted by Gasteiger charge is -2.30. The van der Waals surface area contributed by atoms with Crippen molar-refractivity contribution in [3.05, 3.63) is 84.7 Å². The first-order valence-corrected chi connectivity index (χ1v) is 20.1. The number of hydrogen-bond acceptors (Lipinski definition) is 9. The van der Waals surface area contributed by atoms with Crippen molar-refractivity contribution in [2.45, 2.75) is 77.2 Å². The van der Waals surface area contributed by atoms with Crippen molar-refractivity contribution in [2.24, 2.45) is 11.8 Å². The number of ether oxygens (including phenoxy) is 2. The van der Waals surface area contributed by atoms with Crippen LogP contribution in [0.25, 0.3) is 44.4 Å². The zero-order valence-corrected chi connectivity index (χ0v) is 34.2. The molecule has 0 radical (unpaired) electrons. The predicted molar refractivity (Wildman–Crippen MR) is 222 cm³/mol. The van der Waals surface area contributed by atoms with Crippen molar-refractivity contribution in [3.8, 4) is 33.6 Å². The van der Waals surface area contributed by atoms with Crippen LogP contribution in [0.15, 0.2) is 73.1 Å². The second-order valence-electron chi connectivity index (χ2n) is 16.0. The van der Waals surface area contributed by atoms with Crippen LogP contribution in [0.5, 0.6) is 0 Å². The number of amides is 4. The molecule has 2 aliphatic heterocycles. The first kappa shape index (κ1) is 41.0. The van der Waals surface area contributed by atoms with Gasteiger partial charge in [-0.1, -0.05) is 76.2 Å². The van der Waals surface area contributed by atoms with Gasteiger partial charge in [-0.3, -0.25) is 9.59 Å². The summed E-state index contributed by atoms with van der Waals surface area (Å²) in [5, 5.41) is 18.0. The molecule has 2 saturated heterocycles. The van der Waals surface area contributed by atoms with E-state index in [2.05, 4.69) is 85.2 Å². The predicted octanol–water partition coefficient (Wildman–Crippen LogP) is 6.35. The second kappa shape index (κ2) is 17.3. The molecule has 5 aromatic rings. The van der Waals surface area contributed by atoms with Gasteiger partial charge in [-0.15, -0.1) is 0 Å². The van der Waals surface area contributed by atoms with Crippen molar-refractivity contribution in [3.63, 3.8) is 0 Å². The average Bonchev–Trinajstić information content (AvgIpc) is 4.08. The Morgan fingerprint density at radius 3 is 1.76 bits per heavy atom. The van der Waals surface area contributed by atoms with Gasteiger partial charge in [0.25, 0.3) is 0 Å². The summed E-state index contributed by atoms with van der Waals surface area (Å²) in [6.45, 7) is 8.21. The second-order valence-corrected chi connectivity index (χ2v) is 16.0. The van der Waals surface area contributed by atoms with Crippen molar-refractivity contribution < 1.29 is 33.8 Å². The molecule has 4 heterocycles. The molecule has 15 nitrogen and oxygen atoms in total. The fraction of sp³-hybridized carbons (Fsp3) is 0.409. The maximum absolute atomic E-state index is 13.6. The van der Waals surface area contributed by atoms with Crippen LogP contribution in [0.3, 0.4) is 0 Å². The van der Waals surface area contributed by atoms with E-state index in [0.29, 0.717) is 18.8 Å². The van der Waals surface area contributed by atoms with Crippen LogP contribution in [0.4, 0.5) is 9.59 Å². The van der Waals surface area contributed by atoms with Gasteiger partial charge in [0.2, 0.25) is 11.8 Å². The zero-order chi connectivity index (χ0) is 42.0. The summed E-state index contributed by atoms with van der Waals surface area (Å²) in [6, 6.07) is 18.6. The molecule has 0 aliphatic carbocycles. The van der Waals surface area contributed by atoms with Crippen molar-refractivity contribution >= 4 is 34.8 Å². The quantitative estimate of drug-likeness (QED) is 0.101. The van der Waals surface area contributed by atoms with Gasteiger partial charge in [0.15, 0.2) is 0 Å². The molecule has 3 aromatic carbocycles. The highest BCUT2D eigenvalue weighted by Gasteiger charge is 2.41. The number of nitrogens with zero attached hydrogens (tertiary/aromatic N) is 4. The minimum absolute atomic E-state index is 0.111. The van der Waals surface area contributed by atoms with Crippen molar-refractivity contribution in [1.29, 1.82) is 0 Å². The molecule has 0 saturated carbocycles. The van der Waals surface area contributed by atoms with Crippen LogP contribution >= 0.6 is 0 Å². The molecule has 15 heteroatoms. The minimum atomic E-state index is -0.811. The molecular formula is C44H52N8O7. The van der Waals surface area contributed by atoms with E-state index in [1.807, 2.05) is 33.8 Å². The molecule has 0 spiro atoms. The molecule has 2 aromatic heterocycles. The Hall–Kier alpha value is -6.22. The Labute approximate surface area is 342 Å². The number of methoxy groups -OCH3 is 2. The molecule has 2 fully saturated rings. The van der Waals surface area contributed by atoms with E-state index < -0.39 is 36.4 Å². The fourth-order valence-electron chi connectivity index (χ4n) is 8.13. The van der Waals surface area contributed by atoms with Crippen molar-refractivity contribution in [2.75, 3.05) is 27.3 Å². The lowest BCUT2D eigenvalue weighted by molar-refractivity contribution is -0.136. The number of carbonyl (C=O) groups is 4. The molecular weight excluding hydrogens is 753 g/mol. The highest BCUT2D eigenvalue weighted by Crippen LogP contribution is 2.36. The number of rotatable bonds is 11. The summed E-state index contributed by atoms with van der Waals surface area (Å²) in [6.07, 6.45) is 3.45. The topological polar surface area (TPSA) is 195 Å². The molecule has 4 amide bonds. The first-order chi connectivity index (χ1) is 28.3. The van der Waals surface area contributed by atoms with Gasteiger partial charge in [0.05, 0.1) is 56.2 Å². The van der Waals surface area contributed by atoms with Gasteiger partial charge in [-0.05, 0) is 64.3 Å². The van der Waals surface area contributed by atoms with E-state index in [1.165, 1.54) is 14.2 Å². The number of benzene rings is 3. The summed E-state index contributed by atoms with van der Waals surface area (Å²) < 4.78 is 9.50. The lowest BCUT2D eigenvalue weighted by atomic mass is 9.98. The van der Waals surface area contributed by atoms with Gasteiger partial charge in [-0.2, -0.15) is 0 Å². The summed E-state index contributed by atoms with van der Waals surface area (Å²) in [4.78, 5) is 70.7. The van der Waals surface area contributed by atoms with Crippen LogP contribution in [0.1, 0.15) is 70.7 Å². The largest absolute Gasteiger partial charge is 0.453 e. The molecule has 59 heavy (non-hydrogen) atoms. The number of carbonyl (C=O) groups excluding carboxylic acids is 4. The maximum Gasteiger partial charge on any atom is 0.407 e. The Bertz CT molecular complexity index is 2320. The van der Waals surface area contributed by atoms with E-state index >= 15 is 0 Å². The number of imidazole rings is 2. The van der Waals surface area contributed by atoms with Crippen LogP contribution in [-0.2, 0) is 19.1 Å². The van der Waals surface area contributed by atoms with Crippen LogP contribution in [0.2, 0.25) is 0 Å². The SMILES string of the molecule is COC(=O)N[C@H](C(=O)N1CCC[C@H]1c1ncc(-c2ccc(-c3ccc4cc(-c5cnc([C@@H]6C[C@@H](O)CN6C(=O)[C@@H](NC(=O)OC)C(C)C)[nH]5)ccc4c3)cc2)[nH]1)C(C)C. The Morgan fingerprint density at radius 1 is 0.695 bits per heavy atom. The molecule has 2 aliphatic rings. The number of aliphatic hydroxyl groups is 1. The van der Waals surface area contributed by atoms with Crippen LogP contribution < -0.4 is 10.6 Å². The molecule has 5 N–H and O–H groups in total. The number of H-pyrrole nitrogens is 2. The zero-order valence-electron chi connectivity index (χ0n) is 34.2. The molecule has 5 atom stereocenters. The summed E-state index contributed by atoms with van der Waals surface area (Å²) in [5.74, 6) is 0.530. The molecule has 0 unspecified atom stereocenters. The molecule has 0 bridgehead atoms. The monoisotopic (exact) mass is 804 g/mol. The fourth-order valence-corrected chi connectivity index (χ4v) is 8.13. The van der Waals surface area contributed by atoms with Gasteiger partial charge < -0.3 is 45.0 Å². The number of alkyl carbamates (subject to hydrolysis) is 2. The number of aromatic amines is 2. The van der Waals surface area contributed by atoms with Gasteiger partial charge in [-0.25, -0.2) is 19.6 Å². The summed E-state index contributed by atoms with van der Waals surface area (Å²) in [5.41, 5.74) is 5.66. The third-order valence-corrected chi connectivity index (χ3v) is 11.4. The number of β-amino-alcohol motifs (C(OH)–C–C–N with tert-alkyl or cyclic N) is 1. The van der Waals surface area contributed by atoms with E-state index in [-0.39, 0.29) is 36.2 Å². The summed E-state index contributed by atoms with van der Waals surface area (Å²) in [7, 11) is 2.54. The number of nitrogens with one attached hydrogen (secondary N) is 4. The lowest BCUT2D eigenvalue weighted by Crippen LogP contribution is -2.51. The Kier molecular flexibility index (Phi) is 12.0. The van der Waals surface area contributed by atoms with E-state index in [4.69, 9.17) is 9.47 Å². The average molecular weight is 805 g/mol. The van der Waals surface area contributed by atoms with E-state index in [0.717, 1.165) is 63.1 Å². The number of hydrogen-bond donors (Lipinski definition) is 5. The van der Waals surface area contributed by atoms with Gasteiger partial charge in [0.1, 0.15) is 23.7 Å². The van der Waals surface area contributed by atoms with Crippen LogP contribution in [0, 0.1) is 11.8 Å². The van der Waals surface area contributed by atoms with E-state index in [9.17, 15) is 24.3 Å². The first-order valence-electron chi connectivity index (χ1n) is 20.1. The smallest absolute Gasteiger partial charge is 0.407 e.